The lowest BCUT2D eigenvalue weighted by atomic mass is 9.96. The number of hydrogen-bond donors (Lipinski definition) is 0. The molecule has 0 aromatic carbocycles. The summed E-state index contributed by atoms with van der Waals surface area (Å²) in [5.74, 6) is 1.19. The van der Waals surface area contributed by atoms with E-state index in [2.05, 4.69) is 9.78 Å². The Morgan fingerprint density at radius 1 is 1.46 bits per heavy atom. The highest BCUT2D eigenvalue weighted by molar-refractivity contribution is 7.07. The average molecular weight is 345 g/mol. The zero-order valence-electron chi connectivity index (χ0n) is 14.0. The zero-order valence-corrected chi connectivity index (χ0v) is 14.8. The van der Waals surface area contributed by atoms with Crippen molar-refractivity contribution >= 4 is 17.2 Å². The second kappa shape index (κ2) is 6.69. The standard InChI is InChI=1S/C18H23N3O2S/c1-23-11-16-10-20(17(22)6-14-4-5-24-12-14)9-15-7-19-21(18(15)16)8-13-2-3-13/h4-5,7,12-13,16H,2-3,6,8-11H2,1H3. The fourth-order valence-electron chi connectivity index (χ4n) is 3.54. The van der Waals surface area contributed by atoms with Crippen LogP contribution in [0.2, 0.25) is 0 Å². The Labute approximate surface area is 146 Å². The van der Waals surface area contributed by atoms with Gasteiger partial charge in [0, 0.05) is 38.2 Å². The minimum absolute atomic E-state index is 0.190. The van der Waals surface area contributed by atoms with Gasteiger partial charge in [0.25, 0.3) is 0 Å². The van der Waals surface area contributed by atoms with Crippen molar-refractivity contribution < 1.29 is 9.53 Å². The van der Waals surface area contributed by atoms with E-state index in [0.717, 1.165) is 24.6 Å². The third-order valence-corrected chi connectivity index (χ3v) is 5.66. The van der Waals surface area contributed by atoms with Crippen LogP contribution in [0, 0.1) is 5.92 Å². The predicted molar refractivity (Wildman–Crippen MR) is 93.0 cm³/mol. The van der Waals surface area contributed by atoms with Crippen LogP contribution in [0.25, 0.3) is 0 Å². The van der Waals surface area contributed by atoms with Gasteiger partial charge >= 0.3 is 0 Å². The number of carbonyl (C=O) groups excluding carboxylic acids is 1. The van der Waals surface area contributed by atoms with E-state index in [1.165, 1.54) is 24.1 Å². The van der Waals surface area contributed by atoms with Crippen LogP contribution >= 0.6 is 11.3 Å². The first-order valence-corrected chi connectivity index (χ1v) is 9.51. The lowest BCUT2D eigenvalue weighted by molar-refractivity contribution is -0.132. The highest BCUT2D eigenvalue weighted by Gasteiger charge is 2.33. The van der Waals surface area contributed by atoms with Crippen molar-refractivity contribution in [2.75, 3.05) is 20.3 Å². The van der Waals surface area contributed by atoms with Crippen LogP contribution in [-0.4, -0.2) is 40.8 Å². The van der Waals surface area contributed by atoms with Crippen molar-refractivity contribution in [2.45, 2.75) is 38.3 Å². The SMILES string of the molecule is COCC1CN(C(=O)Cc2ccsc2)Cc2cnn(CC3CC3)c21. The van der Waals surface area contributed by atoms with Crippen LogP contribution in [0.1, 0.15) is 35.6 Å². The number of rotatable bonds is 6. The number of aromatic nitrogens is 2. The summed E-state index contributed by atoms with van der Waals surface area (Å²) in [4.78, 5) is 14.6. The molecule has 5 nitrogen and oxygen atoms in total. The molecule has 1 amide bonds. The topological polar surface area (TPSA) is 47.4 Å². The molecule has 1 aliphatic carbocycles. The second-order valence-corrected chi connectivity index (χ2v) is 7.70. The van der Waals surface area contributed by atoms with Gasteiger partial charge in [-0.15, -0.1) is 0 Å². The summed E-state index contributed by atoms with van der Waals surface area (Å²) in [5.41, 5.74) is 3.56. The maximum atomic E-state index is 12.7. The molecule has 0 N–H and O–H groups in total. The summed E-state index contributed by atoms with van der Waals surface area (Å²) in [5, 5.41) is 8.67. The number of carbonyl (C=O) groups is 1. The molecule has 0 saturated heterocycles. The number of thiophene rings is 1. The molecule has 0 spiro atoms. The Morgan fingerprint density at radius 2 is 2.33 bits per heavy atom. The van der Waals surface area contributed by atoms with Gasteiger partial charge in [0.15, 0.2) is 0 Å². The maximum absolute atomic E-state index is 12.7. The molecule has 1 aliphatic heterocycles. The molecule has 2 aromatic rings. The number of hydrogen-bond acceptors (Lipinski definition) is 4. The fourth-order valence-corrected chi connectivity index (χ4v) is 4.21. The highest BCUT2D eigenvalue weighted by atomic mass is 32.1. The normalized spacial score (nSPS) is 20.2. The lowest BCUT2D eigenvalue weighted by Gasteiger charge is -2.33. The zero-order chi connectivity index (χ0) is 16.5. The van der Waals surface area contributed by atoms with Crippen molar-refractivity contribution in [3.63, 3.8) is 0 Å². The van der Waals surface area contributed by atoms with Gasteiger partial charge in [0.05, 0.1) is 24.9 Å². The van der Waals surface area contributed by atoms with Crippen molar-refractivity contribution in [1.29, 1.82) is 0 Å². The summed E-state index contributed by atoms with van der Waals surface area (Å²) in [6.07, 6.45) is 5.06. The molecule has 3 heterocycles. The Balaban J connectivity index is 1.53. The molecule has 24 heavy (non-hydrogen) atoms. The number of methoxy groups -OCH3 is 1. The summed E-state index contributed by atoms with van der Waals surface area (Å²) < 4.78 is 7.60. The minimum Gasteiger partial charge on any atom is -0.384 e. The molecule has 2 aliphatic rings. The van der Waals surface area contributed by atoms with Crippen molar-refractivity contribution in [3.05, 3.63) is 39.8 Å². The first kappa shape index (κ1) is 15.8. The highest BCUT2D eigenvalue weighted by Crippen LogP contribution is 2.34. The number of ether oxygens (including phenoxy) is 1. The molecule has 6 heteroatoms. The number of nitrogens with zero attached hydrogens (tertiary/aromatic N) is 3. The molecular weight excluding hydrogens is 322 g/mol. The van der Waals surface area contributed by atoms with Gasteiger partial charge in [-0.05, 0) is 41.1 Å². The summed E-state index contributed by atoms with van der Waals surface area (Å²) in [7, 11) is 1.73. The smallest absolute Gasteiger partial charge is 0.227 e. The van der Waals surface area contributed by atoms with Gasteiger partial charge in [-0.3, -0.25) is 9.48 Å². The van der Waals surface area contributed by atoms with E-state index in [4.69, 9.17) is 4.74 Å². The molecule has 0 bridgehead atoms. The monoisotopic (exact) mass is 345 g/mol. The number of fused-ring (bicyclic) bond motifs is 1. The summed E-state index contributed by atoms with van der Waals surface area (Å²) in [6.45, 7) is 3.04. The van der Waals surface area contributed by atoms with E-state index in [-0.39, 0.29) is 11.8 Å². The molecule has 4 rings (SSSR count). The van der Waals surface area contributed by atoms with Crippen LogP contribution in [0.4, 0.5) is 0 Å². The molecule has 1 atom stereocenters. The third-order valence-electron chi connectivity index (χ3n) is 4.93. The average Bonchev–Trinajstić information content (AvgIpc) is 3.06. The van der Waals surface area contributed by atoms with Gasteiger partial charge in [-0.2, -0.15) is 16.4 Å². The van der Waals surface area contributed by atoms with Crippen molar-refractivity contribution in [2.24, 2.45) is 5.92 Å². The van der Waals surface area contributed by atoms with Crippen LogP contribution in [0.5, 0.6) is 0 Å². The Morgan fingerprint density at radius 3 is 3.04 bits per heavy atom. The maximum Gasteiger partial charge on any atom is 0.227 e. The van der Waals surface area contributed by atoms with Gasteiger partial charge < -0.3 is 9.64 Å². The van der Waals surface area contributed by atoms with E-state index in [9.17, 15) is 4.79 Å². The van der Waals surface area contributed by atoms with Crippen LogP contribution < -0.4 is 0 Å². The summed E-state index contributed by atoms with van der Waals surface area (Å²) >= 11 is 1.64. The Hall–Kier alpha value is -1.66. The lowest BCUT2D eigenvalue weighted by Crippen LogP contribution is -2.40. The van der Waals surface area contributed by atoms with Crippen LogP contribution in [-0.2, 0) is 29.0 Å². The van der Waals surface area contributed by atoms with Crippen molar-refractivity contribution in [1.82, 2.24) is 14.7 Å². The predicted octanol–water partition coefficient (Wildman–Crippen LogP) is 2.67. The molecular formula is C18H23N3O2S. The Kier molecular flexibility index (Phi) is 4.41. The van der Waals surface area contributed by atoms with Gasteiger partial charge in [-0.25, -0.2) is 0 Å². The van der Waals surface area contributed by atoms with E-state index in [1.54, 1.807) is 18.4 Å². The van der Waals surface area contributed by atoms with E-state index in [1.807, 2.05) is 27.9 Å². The molecule has 2 aromatic heterocycles. The van der Waals surface area contributed by atoms with Gasteiger partial charge in [-0.1, -0.05) is 0 Å². The Bertz CT molecular complexity index is 706. The second-order valence-electron chi connectivity index (χ2n) is 6.92. The van der Waals surface area contributed by atoms with E-state index >= 15 is 0 Å². The quantitative estimate of drug-likeness (QED) is 0.809. The molecule has 1 saturated carbocycles. The molecule has 1 fully saturated rings. The fraction of sp³-hybridized carbons (Fsp3) is 0.556. The van der Waals surface area contributed by atoms with Gasteiger partial charge in [0.2, 0.25) is 5.91 Å². The first-order chi connectivity index (χ1) is 11.7. The number of amides is 1. The van der Waals surface area contributed by atoms with Crippen LogP contribution in [0.3, 0.4) is 0 Å². The van der Waals surface area contributed by atoms with Crippen molar-refractivity contribution in [3.8, 4) is 0 Å². The largest absolute Gasteiger partial charge is 0.384 e. The van der Waals surface area contributed by atoms with E-state index < -0.39 is 0 Å². The molecule has 0 radical (unpaired) electrons. The third kappa shape index (κ3) is 3.26. The van der Waals surface area contributed by atoms with E-state index in [0.29, 0.717) is 19.6 Å². The van der Waals surface area contributed by atoms with Gasteiger partial charge in [0.1, 0.15) is 0 Å². The summed E-state index contributed by atoms with van der Waals surface area (Å²) in [6, 6.07) is 2.03. The first-order valence-electron chi connectivity index (χ1n) is 8.57. The molecule has 128 valence electrons. The molecule has 1 unspecified atom stereocenters. The van der Waals surface area contributed by atoms with Crippen LogP contribution in [0.15, 0.2) is 23.0 Å². The minimum atomic E-state index is 0.190.